The molecule has 0 amide bonds. The van der Waals surface area contributed by atoms with Gasteiger partial charge < -0.3 is 10.2 Å². The lowest BCUT2D eigenvalue weighted by Gasteiger charge is -2.07. The zero-order valence-corrected chi connectivity index (χ0v) is 9.27. The average molecular weight is 220 g/mol. The van der Waals surface area contributed by atoms with E-state index >= 15 is 0 Å². The number of aromatic amines is 1. The lowest BCUT2D eigenvalue weighted by molar-refractivity contribution is 0.181. The van der Waals surface area contributed by atoms with Crippen molar-refractivity contribution >= 4 is 10.9 Å². The Balaban J connectivity index is 2.21. The van der Waals surface area contributed by atoms with Crippen LogP contribution in [0.5, 0.6) is 5.75 Å². The van der Waals surface area contributed by atoms with Gasteiger partial charge in [0.1, 0.15) is 5.75 Å². The molecule has 4 heteroatoms. The maximum absolute atomic E-state index is 9.78. The highest BCUT2D eigenvalue weighted by Gasteiger charge is 2.08. The topological polar surface area (TPSA) is 69.1 Å². The van der Waals surface area contributed by atoms with Crippen LogP contribution >= 0.6 is 0 Å². The summed E-state index contributed by atoms with van der Waals surface area (Å²) in [5.74, 6) is 0.294. The summed E-state index contributed by atoms with van der Waals surface area (Å²) in [6.45, 7) is 1.77. The second-order valence-corrected chi connectivity index (χ2v) is 4.14. The van der Waals surface area contributed by atoms with Crippen LogP contribution in [-0.4, -0.2) is 26.5 Å². The largest absolute Gasteiger partial charge is 0.508 e. The molecule has 0 aliphatic carbocycles. The average Bonchev–Trinajstić information content (AvgIpc) is 2.69. The molecule has 4 nitrogen and oxygen atoms in total. The molecule has 1 heterocycles. The minimum absolute atomic E-state index is 0.289. The van der Waals surface area contributed by atoms with Crippen LogP contribution in [0.2, 0.25) is 0 Å². The molecular formula is C12H16N2O2. The first-order chi connectivity index (χ1) is 7.68. The number of hydrogen-bond donors (Lipinski definition) is 3. The Hall–Kier alpha value is -1.55. The third-order valence-electron chi connectivity index (χ3n) is 2.75. The van der Waals surface area contributed by atoms with Crippen molar-refractivity contribution in [2.75, 3.05) is 0 Å². The third-order valence-corrected chi connectivity index (χ3v) is 2.75. The number of aromatic nitrogens is 2. The zero-order valence-electron chi connectivity index (χ0n) is 9.27. The number of H-pyrrole nitrogens is 1. The number of fused-ring (bicyclic) bond motifs is 1. The molecule has 0 radical (unpaired) electrons. The Morgan fingerprint density at radius 1 is 1.44 bits per heavy atom. The van der Waals surface area contributed by atoms with Crippen LogP contribution in [0.3, 0.4) is 0 Å². The van der Waals surface area contributed by atoms with E-state index in [1.807, 2.05) is 6.07 Å². The smallest absolute Gasteiger partial charge is 0.120 e. The van der Waals surface area contributed by atoms with E-state index in [1.165, 1.54) is 0 Å². The first kappa shape index (κ1) is 11.0. The molecule has 0 saturated heterocycles. The van der Waals surface area contributed by atoms with Crippen LogP contribution in [0.25, 0.3) is 10.9 Å². The van der Waals surface area contributed by atoms with Gasteiger partial charge in [0.15, 0.2) is 0 Å². The predicted octanol–water partition coefficient (Wildman–Crippen LogP) is 1.97. The van der Waals surface area contributed by atoms with Gasteiger partial charge in [-0.3, -0.25) is 5.10 Å². The fourth-order valence-corrected chi connectivity index (χ4v) is 1.89. The molecule has 1 aromatic carbocycles. The van der Waals surface area contributed by atoms with E-state index in [0.717, 1.165) is 35.7 Å². The number of nitrogens with one attached hydrogen (secondary N) is 1. The highest BCUT2D eigenvalue weighted by molar-refractivity contribution is 5.83. The van der Waals surface area contributed by atoms with Gasteiger partial charge in [-0.15, -0.1) is 0 Å². The molecule has 16 heavy (non-hydrogen) atoms. The molecule has 0 spiro atoms. The van der Waals surface area contributed by atoms with Crippen molar-refractivity contribution in [1.29, 1.82) is 0 Å². The van der Waals surface area contributed by atoms with E-state index in [0.29, 0.717) is 5.75 Å². The minimum atomic E-state index is -0.289. The molecule has 0 aliphatic heterocycles. The molecule has 0 unspecified atom stereocenters. The number of rotatable bonds is 4. The second kappa shape index (κ2) is 4.53. The number of aliphatic hydroxyl groups is 1. The highest BCUT2D eigenvalue weighted by atomic mass is 16.3. The van der Waals surface area contributed by atoms with Crippen LogP contribution < -0.4 is 0 Å². The summed E-state index contributed by atoms with van der Waals surface area (Å²) < 4.78 is 0. The Kier molecular flexibility index (Phi) is 3.10. The van der Waals surface area contributed by atoms with Gasteiger partial charge in [-0.05, 0) is 38.3 Å². The highest BCUT2D eigenvalue weighted by Crippen LogP contribution is 2.26. The molecule has 0 bridgehead atoms. The molecule has 0 saturated carbocycles. The van der Waals surface area contributed by atoms with Crippen molar-refractivity contribution in [3.8, 4) is 5.75 Å². The van der Waals surface area contributed by atoms with Crippen molar-refractivity contribution in [1.82, 2.24) is 10.2 Å². The molecule has 2 aromatic rings. The van der Waals surface area contributed by atoms with Crippen LogP contribution in [0.4, 0.5) is 0 Å². The first-order valence-electron chi connectivity index (χ1n) is 5.50. The molecule has 3 N–H and O–H groups in total. The van der Waals surface area contributed by atoms with Crippen LogP contribution in [0, 0.1) is 0 Å². The van der Waals surface area contributed by atoms with Crippen molar-refractivity contribution < 1.29 is 10.2 Å². The van der Waals surface area contributed by atoms with Gasteiger partial charge in [0, 0.05) is 10.9 Å². The number of nitrogens with zero attached hydrogens (tertiary/aromatic N) is 1. The lowest BCUT2D eigenvalue weighted by atomic mass is 10.0. The number of benzene rings is 1. The normalized spacial score (nSPS) is 13.1. The minimum Gasteiger partial charge on any atom is -0.508 e. The maximum Gasteiger partial charge on any atom is 0.120 e. The number of aliphatic hydroxyl groups excluding tert-OH is 1. The van der Waals surface area contributed by atoms with E-state index in [1.54, 1.807) is 19.2 Å². The fraction of sp³-hybridized carbons (Fsp3) is 0.417. The summed E-state index contributed by atoms with van der Waals surface area (Å²) in [5, 5.41) is 26.8. The lowest BCUT2D eigenvalue weighted by Crippen LogP contribution is -2.00. The van der Waals surface area contributed by atoms with Gasteiger partial charge >= 0.3 is 0 Å². The molecule has 2 rings (SSSR count). The van der Waals surface area contributed by atoms with Crippen molar-refractivity contribution in [2.24, 2.45) is 0 Å². The van der Waals surface area contributed by atoms with Crippen molar-refractivity contribution in [3.63, 3.8) is 0 Å². The van der Waals surface area contributed by atoms with Crippen LogP contribution in [0.15, 0.2) is 18.3 Å². The van der Waals surface area contributed by atoms with Gasteiger partial charge in [0.05, 0.1) is 17.8 Å². The molecular weight excluding hydrogens is 204 g/mol. The van der Waals surface area contributed by atoms with Crippen molar-refractivity contribution in [2.45, 2.75) is 32.3 Å². The Bertz CT molecular complexity index is 477. The molecule has 1 atom stereocenters. The number of hydrogen-bond acceptors (Lipinski definition) is 3. The van der Waals surface area contributed by atoms with E-state index in [-0.39, 0.29) is 6.10 Å². The quantitative estimate of drug-likeness (QED) is 0.737. The molecule has 0 fully saturated rings. The van der Waals surface area contributed by atoms with Gasteiger partial charge in [-0.2, -0.15) is 5.10 Å². The summed E-state index contributed by atoms with van der Waals surface area (Å²) in [7, 11) is 0. The van der Waals surface area contributed by atoms with Gasteiger partial charge in [0.25, 0.3) is 0 Å². The van der Waals surface area contributed by atoms with Crippen molar-refractivity contribution in [3.05, 3.63) is 23.9 Å². The SMILES string of the molecule is C[C@H](O)CCCc1c(O)ccc2cn[nH]c12. The summed E-state index contributed by atoms with van der Waals surface area (Å²) >= 11 is 0. The summed E-state index contributed by atoms with van der Waals surface area (Å²) in [6.07, 6.45) is 3.79. The number of phenolic OH excluding ortho intramolecular Hbond substituents is 1. The maximum atomic E-state index is 9.78. The first-order valence-corrected chi connectivity index (χ1v) is 5.50. The van der Waals surface area contributed by atoms with Crippen LogP contribution in [-0.2, 0) is 6.42 Å². The third kappa shape index (κ3) is 2.17. The zero-order chi connectivity index (χ0) is 11.5. The second-order valence-electron chi connectivity index (χ2n) is 4.14. The fourth-order valence-electron chi connectivity index (χ4n) is 1.89. The Morgan fingerprint density at radius 3 is 3.00 bits per heavy atom. The number of aromatic hydroxyl groups is 1. The predicted molar refractivity (Wildman–Crippen MR) is 62.4 cm³/mol. The molecule has 0 aliphatic rings. The van der Waals surface area contributed by atoms with Gasteiger partial charge in [0.2, 0.25) is 0 Å². The Morgan fingerprint density at radius 2 is 2.25 bits per heavy atom. The van der Waals surface area contributed by atoms with E-state index in [4.69, 9.17) is 0 Å². The molecule has 1 aromatic heterocycles. The van der Waals surface area contributed by atoms with Crippen LogP contribution in [0.1, 0.15) is 25.3 Å². The number of phenols is 1. The summed E-state index contributed by atoms with van der Waals surface area (Å²) in [5.41, 5.74) is 1.78. The molecule has 86 valence electrons. The Labute approximate surface area is 93.9 Å². The monoisotopic (exact) mass is 220 g/mol. The van der Waals surface area contributed by atoms with E-state index < -0.39 is 0 Å². The summed E-state index contributed by atoms with van der Waals surface area (Å²) in [6, 6.07) is 3.53. The summed E-state index contributed by atoms with van der Waals surface area (Å²) in [4.78, 5) is 0. The van der Waals surface area contributed by atoms with E-state index in [2.05, 4.69) is 10.2 Å². The standard InChI is InChI=1S/C12H16N2O2/c1-8(15)3-2-4-10-11(16)6-5-9-7-13-14-12(9)10/h5-8,15-16H,2-4H2,1H3,(H,13,14)/t8-/m0/s1. The van der Waals surface area contributed by atoms with Gasteiger partial charge in [-0.25, -0.2) is 0 Å². The van der Waals surface area contributed by atoms with Gasteiger partial charge in [-0.1, -0.05) is 0 Å². The number of aryl methyl sites for hydroxylation is 1. The van der Waals surface area contributed by atoms with E-state index in [9.17, 15) is 10.2 Å².